The van der Waals surface area contributed by atoms with Crippen LogP contribution in [0.5, 0.6) is 0 Å². The van der Waals surface area contributed by atoms with Gasteiger partial charge in [0.05, 0.1) is 16.3 Å². The second-order valence-corrected chi connectivity index (χ2v) is 4.77. The van der Waals surface area contributed by atoms with Gasteiger partial charge in [-0.25, -0.2) is 9.78 Å². The normalized spacial score (nSPS) is 10.3. The number of nitrogens with zero attached hydrogens (tertiary/aromatic N) is 1. The summed E-state index contributed by atoms with van der Waals surface area (Å²) in [7, 11) is 0. The monoisotopic (exact) mass is 296 g/mol. The number of carboxylic acid groups (broad SMARTS) is 1. The largest absolute Gasteiger partial charge is 0.478 e. The molecule has 0 aliphatic carbocycles. The van der Waals surface area contributed by atoms with Gasteiger partial charge in [0.15, 0.2) is 0 Å². The molecule has 0 radical (unpaired) electrons. The zero-order valence-corrected chi connectivity index (χ0v) is 11.5. The van der Waals surface area contributed by atoms with Gasteiger partial charge in [0.1, 0.15) is 11.0 Å². The molecule has 0 unspecified atom stereocenters. The van der Waals surface area contributed by atoms with Crippen LogP contribution < -0.4 is 5.32 Å². The number of aromatic nitrogens is 1. The lowest BCUT2D eigenvalue weighted by Gasteiger charge is -2.09. The Morgan fingerprint density at radius 2 is 2.00 bits per heavy atom. The minimum atomic E-state index is -1.07. The van der Waals surface area contributed by atoms with E-state index in [1.165, 1.54) is 12.1 Å². The fourth-order valence-electron chi connectivity index (χ4n) is 1.56. The molecule has 0 saturated carbocycles. The van der Waals surface area contributed by atoms with Crippen molar-refractivity contribution in [1.29, 1.82) is 0 Å². The fraction of sp³-hybridized carbons (Fsp3) is 0.0769. The van der Waals surface area contributed by atoms with E-state index in [4.69, 9.17) is 28.3 Å². The molecule has 4 nitrogen and oxygen atoms in total. The van der Waals surface area contributed by atoms with Crippen molar-refractivity contribution in [2.75, 3.05) is 5.32 Å². The number of benzene rings is 1. The molecule has 1 heterocycles. The number of pyridine rings is 1. The third kappa shape index (κ3) is 3.36. The summed E-state index contributed by atoms with van der Waals surface area (Å²) in [5.74, 6) is -0.736. The molecule has 1 aromatic heterocycles. The van der Waals surface area contributed by atoms with Crippen molar-refractivity contribution in [3.63, 3.8) is 0 Å². The van der Waals surface area contributed by atoms with Crippen LogP contribution in [0.4, 0.5) is 11.5 Å². The molecule has 0 bridgehead atoms. The number of anilines is 2. The van der Waals surface area contributed by atoms with Crippen LogP contribution in [0, 0.1) is 6.92 Å². The lowest BCUT2D eigenvalue weighted by atomic mass is 10.2. The summed E-state index contributed by atoms with van der Waals surface area (Å²) in [5.41, 5.74) is 1.73. The average molecular weight is 297 g/mol. The van der Waals surface area contributed by atoms with Crippen LogP contribution >= 0.6 is 23.2 Å². The smallest absolute Gasteiger partial charge is 0.335 e. The molecule has 2 N–H and O–H groups in total. The van der Waals surface area contributed by atoms with Gasteiger partial charge in [-0.15, -0.1) is 0 Å². The number of carboxylic acids is 1. The standard InChI is InChI=1S/C13H10Cl2N2O2/c1-7-2-3-9(14)10(4-7)16-12-6-8(13(18)19)5-11(15)17-12/h2-6H,1H3,(H,16,17)(H,18,19). The maximum Gasteiger partial charge on any atom is 0.335 e. The zero-order chi connectivity index (χ0) is 14.0. The Bertz CT molecular complexity index is 645. The summed E-state index contributed by atoms with van der Waals surface area (Å²) in [6, 6.07) is 8.15. The maximum atomic E-state index is 10.9. The second kappa shape index (κ2) is 5.47. The van der Waals surface area contributed by atoms with Crippen LogP contribution in [0.2, 0.25) is 10.2 Å². The number of aryl methyl sites for hydroxylation is 1. The van der Waals surface area contributed by atoms with Gasteiger partial charge in [0.25, 0.3) is 0 Å². The summed E-state index contributed by atoms with van der Waals surface area (Å²) in [5, 5.41) is 12.5. The van der Waals surface area contributed by atoms with Gasteiger partial charge in [-0.2, -0.15) is 0 Å². The highest BCUT2D eigenvalue weighted by Gasteiger charge is 2.09. The topological polar surface area (TPSA) is 62.2 Å². The zero-order valence-electron chi connectivity index (χ0n) is 9.95. The van der Waals surface area contributed by atoms with Gasteiger partial charge in [-0.3, -0.25) is 0 Å². The van der Waals surface area contributed by atoms with Crippen LogP contribution in [-0.4, -0.2) is 16.1 Å². The lowest BCUT2D eigenvalue weighted by Crippen LogP contribution is -2.01. The van der Waals surface area contributed by atoms with E-state index in [-0.39, 0.29) is 10.7 Å². The van der Waals surface area contributed by atoms with E-state index < -0.39 is 5.97 Å². The Hall–Kier alpha value is -1.78. The SMILES string of the molecule is Cc1ccc(Cl)c(Nc2cc(C(=O)O)cc(Cl)n2)c1. The first-order valence-electron chi connectivity index (χ1n) is 5.40. The number of hydrogen-bond donors (Lipinski definition) is 2. The molecule has 2 rings (SSSR count). The van der Waals surface area contributed by atoms with Gasteiger partial charge < -0.3 is 10.4 Å². The molecule has 98 valence electrons. The van der Waals surface area contributed by atoms with Crippen LogP contribution in [0.15, 0.2) is 30.3 Å². The highest BCUT2D eigenvalue weighted by Crippen LogP contribution is 2.26. The van der Waals surface area contributed by atoms with Gasteiger partial charge in [-0.1, -0.05) is 29.3 Å². The van der Waals surface area contributed by atoms with E-state index in [0.717, 1.165) is 5.56 Å². The molecule has 6 heteroatoms. The Labute approximate surface area is 120 Å². The summed E-state index contributed by atoms with van der Waals surface area (Å²) in [6.45, 7) is 1.93. The number of hydrogen-bond acceptors (Lipinski definition) is 3. The summed E-state index contributed by atoms with van der Waals surface area (Å²) in [4.78, 5) is 15.0. The predicted octanol–water partition coefficient (Wildman–Crippen LogP) is 4.14. The predicted molar refractivity (Wildman–Crippen MR) is 75.7 cm³/mol. The Morgan fingerprint density at radius 3 is 2.68 bits per heavy atom. The van der Waals surface area contributed by atoms with Crippen molar-refractivity contribution in [2.45, 2.75) is 6.92 Å². The third-order valence-corrected chi connectivity index (χ3v) is 2.95. The Morgan fingerprint density at radius 1 is 1.26 bits per heavy atom. The van der Waals surface area contributed by atoms with Crippen LogP contribution in [0.25, 0.3) is 0 Å². The lowest BCUT2D eigenvalue weighted by molar-refractivity contribution is 0.0697. The molecule has 0 spiro atoms. The molecule has 0 aliphatic rings. The number of carbonyl (C=O) groups is 1. The average Bonchev–Trinajstić information content (AvgIpc) is 2.33. The third-order valence-electron chi connectivity index (χ3n) is 2.43. The molecule has 1 aromatic carbocycles. The van der Waals surface area contributed by atoms with Crippen LogP contribution in [-0.2, 0) is 0 Å². The van der Waals surface area contributed by atoms with E-state index in [2.05, 4.69) is 10.3 Å². The van der Waals surface area contributed by atoms with Gasteiger partial charge >= 0.3 is 5.97 Å². The molecule has 2 aromatic rings. The summed E-state index contributed by atoms with van der Waals surface area (Å²) < 4.78 is 0. The first-order chi connectivity index (χ1) is 8.95. The number of nitrogens with one attached hydrogen (secondary N) is 1. The molecule has 0 fully saturated rings. The summed E-state index contributed by atoms with van der Waals surface area (Å²) in [6.07, 6.45) is 0. The summed E-state index contributed by atoms with van der Waals surface area (Å²) >= 11 is 11.8. The van der Waals surface area contributed by atoms with Crippen LogP contribution in [0.3, 0.4) is 0 Å². The molecule has 0 atom stereocenters. The van der Waals surface area contributed by atoms with E-state index >= 15 is 0 Å². The van der Waals surface area contributed by atoms with Gasteiger partial charge in [0, 0.05) is 0 Å². The number of halogens is 2. The van der Waals surface area contributed by atoms with Crippen molar-refractivity contribution in [3.8, 4) is 0 Å². The molecule has 0 aliphatic heterocycles. The first kappa shape index (κ1) is 13.6. The molecule has 19 heavy (non-hydrogen) atoms. The molecular weight excluding hydrogens is 287 g/mol. The van der Waals surface area contributed by atoms with Gasteiger partial charge in [-0.05, 0) is 36.8 Å². The number of rotatable bonds is 3. The quantitative estimate of drug-likeness (QED) is 0.836. The van der Waals surface area contributed by atoms with Crippen LogP contribution in [0.1, 0.15) is 15.9 Å². The minimum Gasteiger partial charge on any atom is -0.478 e. The highest BCUT2D eigenvalue weighted by molar-refractivity contribution is 6.33. The molecular formula is C13H10Cl2N2O2. The fourth-order valence-corrected chi connectivity index (χ4v) is 1.93. The molecule has 0 saturated heterocycles. The van der Waals surface area contributed by atoms with E-state index in [9.17, 15) is 4.79 Å². The molecule has 0 amide bonds. The highest BCUT2D eigenvalue weighted by atomic mass is 35.5. The Kier molecular flexibility index (Phi) is 3.93. The maximum absolute atomic E-state index is 10.9. The van der Waals surface area contributed by atoms with Crippen molar-refractivity contribution in [3.05, 3.63) is 51.6 Å². The first-order valence-corrected chi connectivity index (χ1v) is 6.15. The second-order valence-electron chi connectivity index (χ2n) is 3.98. The Balaban J connectivity index is 2.38. The van der Waals surface area contributed by atoms with Crippen molar-refractivity contribution < 1.29 is 9.90 Å². The van der Waals surface area contributed by atoms with E-state index in [0.29, 0.717) is 16.5 Å². The van der Waals surface area contributed by atoms with E-state index in [1.54, 1.807) is 6.07 Å². The number of aromatic carboxylic acids is 1. The van der Waals surface area contributed by atoms with E-state index in [1.807, 2.05) is 19.1 Å². The van der Waals surface area contributed by atoms with Crippen molar-refractivity contribution in [2.24, 2.45) is 0 Å². The van der Waals surface area contributed by atoms with Crippen molar-refractivity contribution in [1.82, 2.24) is 4.98 Å². The van der Waals surface area contributed by atoms with Gasteiger partial charge in [0.2, 0.25) is 0 Å². The minimum absolute atomic E-state index is 0.0614. The van der Waals surface area contributed by atoms with Crippen molar-refractivity contribution >= 4 is 40.7 Å².